The van der Waals surface area contributed by atoms with Gasteiger partial charge in [-0.2, -0.15) is 0 Å². The van der Waals surface area contributed by atoms with Gasteiger partial charge in [-0.3, -0.25) is 0 Å². The fourth-order valence-corrected chi connectivity index (χ4v) is 2.29. The number of nitrogens with one attached hydrogen (secondary N) is 1. The Morgan fingerprint density at radius 2 is 1.89 bits per heavy atom. The van der Waals surface area contributed by atoms with Gasteiger partial charge in [0.25, 0.3) is 0 Å². The van der Waals surface area contributed by atoms with Crippen molar-refractivity contribution in [3.63, 3.8) is 0 Å². The second kappa shape index (κ2) is 7.24. The van der Waals surface area contributed by atoms with Gasteiger partial charge in [-0.25, -0.2) is 0 Å². The monoisotopic (exact) mass is 259 g/mol. The molecule has 0 saturated heterocycles. The molecule has 0 unspecified atom stereocenters. The Kier molecular flexibility index (Phi) is 5.33. The highest BCUT2D eigenvalue weighted by atomic mass is 16.3. The van der Waals surface area contributed by atoms with Crippen LogP contribution in [0.1, 0.15) is 24.0 Å². The summed E-state index contributed by atoms with van der Waals surface area (Å²) in [6, 6.07) is 7.96. The molecule has 0 atom stereocenters. The summed E-state index contributed by atoms with van der Waals surface area (Å²) in [5.74, 6) is 0. The highest BCUT2D eigenvalue weighted by Crippen LogP contribution is 2.16. The van der Waals surface area contributed by atoms with Crippen molar-refractivity contribution in [3.05, 3.63) is 58.7 Å². The third-order valence-electron chi connectivity index (χ3n) is 3.30. The van der Waals surface area contributed by atoms with E-state index in [1.54, 1.807) is 0 Å². The van der Waals surface area contributed by atoms with Gasteiger partial charge in [-0.1, -0.05) is 42.0 Å². The minimum absolute atomic E-state index is 0.0870. The predicted molar refractivity (Wildman–Crippen MR) is 76.6 cm³/mol. The van der Waals surface area contributed by atoms with E-state index in [9.17, 15) is 0 Å². The summed E-state index contributed by atoms with van der Waals surface area (Å²) in [6.45, 7) is 1.86. The third kappa shape index (κ3) is 4.31. The van der Waals surface area contributed by atoms with E-state index in [0.717, 1.165) is 37.1 Å². The van der Waals surface area contributed by atoms with Crippen molar-refractivity contribution in [2.24, 2.45) is 0 Å². The Labute approximate surface area is 114 Å². The van der Waals surface area contributed by atoms with Crippen molar-refractivity contribution in [2.75, 3.05) is 13.2 Å². The molecule has 1 aromatic carbocycles. The van der Waals surface area contributed by atoms with Crippen molar-refractivity contribution in [1.82, 2.24) is 5.32 Å². The van der Waals surface area contributed by atoms with Gasteiger partial charge in [0.2, 0.25) is 0 Å². The van der Waals surface area contributed by atoms with Gasteiger partial charge in [-0.05, 0) is 29.5 Å². The van der Waals surface area contributed by atoms with Gasteiger partial charge < -0.3 is 15.5 Å². The van der Waals surface area contributed by atoms with Crippen molar-refractivity contribution in [2.45, 2.75) is 26.0 Å². The van der Waals surface area contributed by atoms with Crippen LogP contribution in [0.25, 0.3) is 0 Å². The van der Waals surface area contributed by atoms with Crippen molar-refractivity contribution < 1.29 is 10.2 Å². The zero-order valence-corrected chi connectivity index (χ0v) is 11.1. The van der Waals surface area contributed by atoms with Crippen LogP contribution in [0.5, 0.6) is 0 Å². The fraction of sp³-hybridized carbons (Fsp3) is 0.375. The molecule has 0 amide bonds. The summed E-state index contributed by atoms with van der Waals surface area (Å²) < 4.78 is 0. The van der Waals surface area contributed by atoms with Crippen molar-refractivity contribution >= 4 is 0 Å². The Morgan fingerprint density at radius 1 is 1.05 bits per heavy atom. The maximum atomic E-state index is 9.11. The fourth-order valence-electron chi connectivity index (χ4n) is 2.29. The minimum atomic E-state index is 0.0870. The van der Waals surface area contributed by atoms with Crippen LogP contribution in [-0.4, -0.2) is 23.4 Å². The number of allylic oxidation sites excluding steroid dienone is 1. The third-order valence-corrected chi connectivity index (χ3v) is 3.30. The molecule has 1 aromatic rings. The maximum absolute atomic E-state index is 9.11. The SMILES string of the molecule is OCC1=CCCC(CNCc2cccc(CO)c2)=C1. The molecule has 0 saturated carbocycles. The smallest absolute Gasteiger partial charge is 0.0681 e. The summed E-state index contributed by atoms with van der Waals surface area (Å²) in [4.78, 5) is 0. The molecule has 2 rings (SSSR count). The molecule has 0 aliphatic heterocycles. The first-order valence-corrected chi connectivity index (χ1v) is 6.70. The molecule has 1 aliphatic rings. The van der Waals surface area contributed by atoms with Gasteiger partial charge in [0.15, 0.2) is 0 Å². The van der Waals surface area contributed by atoms with Crippen LogP contribution in [0.3, 0.4) is 0 Å². The van der Waals surface area contributed by atoms with E-state index in [1.807, 2.05) is 18.2 Å². The Hall–Kier alpha value is -1.42. The van der Waals surface area contributed by atoms with Gasteiger partial charge in [0.1, 0.15) is 0 Å². The highest BCUT2D eigenvalue weighted by Gasteiger charge is 2.04. The Balaban J connectivity index is 1.83. The quantitative estimate of drug-likeness (QED) is 0.731. The average Bonchev–Trinajstić information content (AvgIpc) is 2.48. The van der Waals surface area contributed by atoms with E-state index in [0.29, 0.717) is 0 Å². The van der Waals surface area contributed by atoms with Gasteiger partial charge >= 0.3 is 0 Å². The molecule has 0 aromatic heterocycles. The number of benzene rings is 1. The number of aliphatic hydroxyl groups excluding tert-OH is 2. The number of hydrogen-bond acceptors (Lipinski definition) is 3. The molecule has 3 heteroatoms. The summed E-state index contributed by atoms with van der Waals surface area (Å²) in [5.41, 5.74) is 4.48. The lowest BCUT2D eigenvalue weighted by Gasteiger charge is -2.13. The molecule has 3 nitrogen and oxygen atoms in total. The van der Waals surface area contributed by atoms with Crippen LogP contribution in [-0.2, 0) is 13.2 Å². The van der Waals surface area contributed by atoms with Crippen molar-refractivity contribution in [1.29, 1.82) is 0 Å². The van der Waals surface area contributed by atoms with E-state index in [-0.39, 0.29) is 13.2 Å². The molecule has 19 heavy (non-hydrogen) atoms. The Bertz CT molecular complexity index is 477. The summed E-state index contributed by atoms with van der Waals surface area (Å²) >= 11 is 0. The van der Waals surface area contributed by atoms with E-state index >= 15 is 0 Å². The summed E-state index contributed by atoms with van der Waals surface area (Å²) in [6.07, 6.45) is 6.26. The first kappa shape index (κ1) is 14.0. The lowest BCUT2D eigenvalue weighted by molar-refractivity contribution is 0.281. The predicted octanol–water partition coefficient (Wildman–Crippen LogP) is 1.91. The molecule has 0 bridgehead atoms. The lowest BCUT2D eigenvalue weighted by atomic mass is 10.00. The number of rotatable bonds is 6. The minimum Gasteiger partial charge on any atom is -0.392 e. The molecule has 3 N–H and O–H groups in total. The van der Waals surface area contributed by atoms with Crippen LogP contribution in [0.4, 0.5) is 0 Å². The Morgan fingerprint density at radius 3 is 2.68 bits per heavy atom. The lowest BCUT2D eigenvalue weighted by Crippen LogP contribution is -2.17. The normalized spacial score (nSPS) is 15.1. The molecule has 1 aliphatic carbocycles. The highest BCUT2D eigenvalue weighted by molar-refractivity contribution is 5.29. The number of hydrogen-bond donors (Lipinski definition) is 3. The summed E-state index contributed by atoms with van der Waals surface area (Å²) in [7, 11) is 0. The van der Waals surface area contributed by atoms with Crippen molar-refractivity contribution in [3.8, 4) is 0 Å². The largest absolute Gasteiger partial charge is 0.392 e. The standard InChI is InChI=1S/C16H21NO2/c18-11-15-5-1-3-13(7-15)9-17-10-14-4-2-6-16(8-14)12-19/h1,3,5-8,17-19H,2,4,9-12H2. The van der Waals surface area contributed by atoms with E-state index in [1.165, 1.54) is 11.1 Å². The van der Waals surface area contributed by atoms with Crippen LogP contribution in [0.2, 0.25) is 0 Å². The molecule has 0 fully saturated rings. The first-order chi connectivity index (χ1) is 9.31. The molecule has 0 heterocycles. The molecular formula is C16H21NO2. The van der Waals surface area contributed by atoms with Crippen LogP contribution in [0.15, 0.2) is 47.6 Å². The topological polar surface area (TPSA) is 52.5 Å². The molecular weight excluding hydrogens is 238 g/mol. The van der Waals surface area contributed by atoms with Gasteiger partial charge in [-0.15, -0.1) is 0 Å². The zero-order valence-electron chi connectivity index (χ0n) is 11.1. The van der Waals surface area contributed by atoms with E-state index in [4.69, 9.17) is 10.2 Å². The van der Waals surface area contributed by atoms with Gasteiger partial charge in [0.05, 0.1) is 13.2 Å². The molecule has 0 radical (unpaired) electrons. The van der Waals surface area contributed by atoms with Crippen LogP contribution in [0, 0.1) is 0 Å². The van der Waals surface area contributed by atoms with Crippen LogP contribution >= 0.6 is 0 Å². The first-order valence-electron chi connectivity index (χ1n) is 6.70. The number of aliphatic hydroxyl groups is 2. The van der Waals surface area contributed by atoms with E-state index in [2.05, 4.69) is 23.5 Å². The maximum Gasteiger partial charge on any atom is 0.0681 e. The second-order valence-electron chi connectivity index (χ2n) is 4.86. The zero-order chi connectivity index (χ0) is 13.5. The average molecular weight is 259 g/mol. The van der Waals surface area contributed by atoms with E-state index < -0.39 is 0 Å². The molecule has 102 valence electrons. The van der Waals surface area contributed by atoms with Crippen LogP contribution < -0.4 is 5.32 Å². The summed E-state index contributed by atoms with van der Waals surface area (Å²) in [5, 5.41) is 21.6. The van der Waals surface area contributed by atoms with Gasteiger partial charge in [0, 0.05) is 13.1 Å². The molecule has 0 spiro atoms. The second-order valence-corrected chi connectivity index (χ2v) is 4.86.